The van der Waals surface area contributed by atoms with Crippen LogP contribution in [-0.2, 0) is 0 Å². The van der Waals surface area contributed by atoms with Crippen LogP contribution in [0.3, 0.4) is 0 Å². The zero-order chi connectivity index (χ0) is 46.4. The van der Waals surface area contributed by atoms with Gasteiger partial charge in [0.1, 0.15) is 11.2 Å². The minimum Gasteiger partial charge on any atom is -0.456 e. The number of aromatic nitrogens is 1. The molecular formula is C66H45N3O. The van der Waals surface area contributed by atoms with Crippen LogP contribution in [0, 0.1) is 0 Å². The quantitative estimate of drug-likeness (QED) is 0.137. The number of anilines is 6. The predicted octanol–water partition coefficient (Wildman–Crippen LogP) is 18.6. The van der Waals surface area contributed by atoms with Gasteiger partial charge < -0.3 is 18.8 Å². The van der Waals surface area contributed by atoms with Gasteiger partial charge in [-0.3, -0.25) is 0 Å². The van der Waals surface area contributed by atoms with Crippen molar-refractivity contribution in [2.75, 3.05) is 9.80 Å². The van der Waals surface area contributed by atoms with Crippen LogP contribution >= 0.6 is 0 Å². The summed E-state index contributed by atoms with van der Waals surface area (Å²) >= 11 is 0. The van der Waals surface area contributed by atoms with Gasteiger partial charge in [0.25, 0.3) is 0 Å². The molecule has 2 heterocycles. The number of hydrogen-bond donors (Lipinski definition) is 0. The standard InChI is InChI=1S/C66H45N3O/c1-3-13-52(14-4-1)67(53-15-5-2-6-16-53)54-34-29-48(30-35-54)49-31-38-56(39-32-49)68(57-40-42-58(43-41-57)69-63-20-10-7-17-59(63)60-18-8-11-21-64(60)69)55-36-27-47(28-37-55)46-23-25-50(26-24-46)51-33-44-62-61-19-9-12-22-65(61)70-66(62)45-51/h1-45H. The molecule has 0 radical (unpaired) electrons. The molecule has 2 aromatic heterocycles. The average molecular weight is 896 g/mol. The van der Waals surface area contributed by atoms with E-state index in [2.05, 4.69) is 275 Å². The van der Waals surface area contributed by atoms with E-state index in [4.69, 9.17) is 4.42 Å². The van der Waals surface area contributed by atoms with E-state index in [1.165, 1.54) is 21.8 Å². The van der Waals surface area contributed by atoms with Gasteiger partial charge in [-0.05, 0) is 149 Å². The smallest absolute Gasteiger partial charge is 0.136 e. The Bertz CT molecular complexity index is 3860. The zero-order valence-electron chi connectivity index (χ0n) is 38.2. The molecule has 0 aliphatic rings. The summed E-state index contributed by atoms with van der Waals surface area (Å²) in [6.45, 7) is 0. The second-order valence-corrected chi connectivity index (χ2v) is 17.8. The Morgan fingerprint density at radius 1 is 0.243 bits per heavy atom. The molecule has 0 amide bonds. The Morgan fingerprint density at radius 3 is 1.04 bits per heavy atom. The lowest BCUT2D eigenvalue weighted by Gasteiger charge is -2.26. The number of benzene rings is 11. The monoisotopic (exact) mass is 895 g/mol. The minimum atomic E-state index is 0.905. The average Bonchev–Trinajstić information content (AvgIpc) is 3.98. The first-order chi connectivity index (χ1) is 34.7. The third kappa shape index (κ3) is 7.36. The SMILES string of the molecule is c1ccc(N(c2ccccc2)c2ccc(-c3ccc(N(c4ccc(-c5ccc(-c6ccc7c(c6)oc6ccccc67)cc5)cc4)c4ccc(-n5c6ccccc6c6ccccc65)cc4)cc3)cc2)cc1. The predicted molar refractivity (Wildman–Crippen MR) is 294 cm³/mol. The summed E-state index contributed by atoms with van der Waals surface area (Å²) in [7, 11) is 0. The molecule has 4 heteroatoms. The van der Waals surface area contributed by atoms with Crippen LogP contribution in [0.4, 0.5) is 34.1 Å². The van der Waals surface area contributed by atoms with E-state index in [0.29, 0.717) is 0 Å². The highest BCUT2D eigenvalue weighted by atomic mass is 16.3. The van der Waals surface area contributed by atoms with Gasteiger partial charge in [-0.1, -0.05) is 158 Å². The van der Waals surface area contributed by atoms with Gasteiger partial charge in [0.2, 0.25) is 0 Å². The van der Waals surface area contributed by atoms with Crippen LogP contribution in [0.1, 0.15) is 0 Å². The van der Waals surface area contributed by atoms with Crippen LogP contribution in [0.15, 0.2) is 277 Å². The number of nitrogens with zero attached hydrogens (tertiary/aromatic N) is 3. The molecule has 11 aromatic carbocycles. The summed E-state index contributed by atoms with van der Waals surface area (Å²) in [4.78, 5) is 4.64. The minimum absolute atomic E-state index is 0.905. The maximum atomic E-state index is 6.21. The lowest BCUT2D eigenvalue weighted by molar-refractivity contribution is 0.669. The second kappa shape index (κ2) is 17.4. The third-order valence-corrected chi connectivity index (χ3v) is 13.6. The highest BCUT2D eigenvalue weighted by Gasteiger charge is 2.17. The van der Waals surface area contributed by atoms with Gasteiger partial charge in [-0.15, -0.1) is 0 Å². The zero-order valence-corrected chi connectivity index (χ0v) is 38.2. The van der Waals surface area contributed by atoms with Gasteiger partial charge in [0.15, 0.2) is 0 Å². The maximum Gasteiger partial charge on any atom is 0.136 e. The summed E-state index contributed by atoms with van der Waals surface area (Å²) < 4.78 is 8.58. The fraction of sp³-hybridized carbons (Fsp3) is 0. The summed E-state index contributed by atoms with van der Waals surface area (Å²) in [6.07, 6.45) is 0. The summed E-state index contributed by atoms with van der Waals surface area (Å²) in [5, 5.41) is 4.79. The van der Waals surface area contributed by atoms with Gasteiger partial charge >= 0.3 is 0 Å². The molecule has 330 valence electrons. The first-order valence-electron chi connectivity index (χ1n) is 23.8. The summed E-state index contributed by atoms with van der Waals surface area (Å²) in [6, 6.07) is 97.7. The fourth-order valence-electron chi connectivity index (χ4n) is 10.2. The lowest BCUT2D eigenvalue weighted by Crippen LogP contribution is -2.10. The van der Waals surface area contributed by atoms with Crippen molar-refractivity contribution in [3.05, 3.63) is 273 Å². The van der Waals surface area contributed by atoms with E-state index in [-0.39, 0.29) is 0 Å². The van der Waals surface area contributed by atoms with Crippen molar-refractivity contribution in [3.8, 4) is 39.1 Å². The Morgan fingerprint density at radius 2 is 0.571 bits per heavy atom. The van der Waals surface area contributed by atoms with E-state index in [9.17, 15) is 0 Å². The second-order valence-electron chi connectivity index (χ2n) is 17.8. The molecule has 13 rings (SSSR count). The van der Waals surface area contributed by atoms with Crippen LogP contribution in [-0.4, -0.2) is 4.57 Å². The summed E-state index contributed by atoms with van der Waals surface area (Å²) in [5.41, 5.74) is 18.8. The van der Waals surface area contributed by atoms with Gasteiger partial charge in [-0.2, -0.15) is 0 Å². The molecule has 0 bridgehead atoms. The van der Waals surface area contributed by atoms with Crippen molar-refractivity contribution in [3.63, 3.8) is 0 Å². The molecule has 13 aromatic rings. The molecule has 0 unspecified atom stereocenters. The Balaban J connectivity index is 0.827. The molecule has 0 aliphatic heterocycles. The van der Waals surface area contributed by atoms with E-state index in [0.717, 1.165) is 95.1 Å². The van der Waals surface area contributed by atoms with E-state index >= 15 is 0 Å². The number of furan rings is 1. The highest BCUT2D eigenvalue weighted by Crippen LogP contribution is 2.41. The topological polar surface area (TPSA) is 24.6 Å². The maximum absolute atomic E-state index is 6.21. The van der Waals surface area contributed by atoms with Crippen LogP contribution in [0.2, 0.25) is 0 Å². The first kappa shape index (κ1) is 40.9. The Labute approximate surface area is 406 Å². The number of fused-ring (bicyclic) bond motifs is 6. The number of hydrogen-bond acceptors (Lipinski definition) is 3. The van der Waals surface area contributed by atoms with Crippen molar-refractivity contribution >= 4 is 77.9 Å². The van der Waals surface area contributed by atoms with Crippen LogP contribution in [0.25, 0.3) is 82.8 Å². The van der Waals surface area contributed by atoms with Crippen molar-refractivity contribution in [1.82, 2.24) is 4.57 Å². The molecule has 0 atom stereocenters. The van der Waals surface area contributed by atoms with Crippen LogP contribution < -0.4 is 9.80 Å². The lowest BCUT2D eigenvalue weighted by atomic mass is 9.99. The van der Waals surface area contributed by atoms with Crippen molar-refractivity contribution in [2.24, 2.45) is 0 Å². The molecule has 0 fully saturated rings. The Kier molecular flexibility index (Phi) is 10.1. The van der Waals surface area contributed by atoms with Crippen LogP contribution in [0.5, 0.6) is 0 Å². The van der Waals surface area contributed by atoms with Gasteiger partial charge in [0.05, 0.1) is 11.0 Å². The molecule has 0 saturated carbocycles. The van der Waals surface area contributed by atoms with Crippen molar-refractivity contribution < 1.29 is 4.42 Å². The van der Waals surface area contributed by atoms with E-state index in [1.807, 2.05) is 12.1 Å². The highest BCUT2D eigenvalue weighted by molar-refractivity contribution is 6.09. The molecule has 0 aliphatic carbocycles. The molecule has 4 nitrogen and oxygen atoms in total. The van der Waals surface area contributed by atoms with Gasteiger partial charge in [0, 0.05) is 61.4 Å². The molecule has 0 spiro atoms. The van der Waals surface area contributed by atoms with Gasteiger partial charge in [-0.25, -0.2) is 0 Å². The fourth-order valence-corrected chi connectivity index (χ4v) is 10.2. The third-order valence-electron chi connectivity index (χ3n) is 13.6. The van der Waals surface area contributed by atoms with Crippen molar-refractivity contribution in [1.29, 1.82) is 0 Å². The molecule has 70 heavy (non-hydrogen) atoms. The summed E-state index contributed by atoms with van der Waals surface area (Å²) in [5.74, 6) is 0. The molecular weight excluding hydrogens is 851 g/mol. The largest absolute Gasteiger partial charge is 0.456 e. The number of para-hydroxylation sites is 5. The van der Waals surface area contributed by atoms with E-state index < -0.39 is 0 Å². The van der Waals surface area contributed by atoms with Crippen molar-refractivity contribution in [2.45, 2.75) is 0 Å². The van der Waals surface area contributed by atoms with E-state index in [1.54, 1.807) is 0 Å². The molecule has 0 saturated heterocycles. The molecule has 0 N–H and O–H groups in total. The normalized spacial score (nSPS) is 11.4. The Hall–Kier alpha value is -9.38. The number of rotatable bonds is 10. The first-order valence-corrected chi connectivity index (χ1v) is 23.8.